The van der Waals surface area contributed by atoms with E-state index in [0.717, 1.165) is 65.6 Å². The lowest BCUT2D eigenvalue weighted by Crippen LogP contribution is -2.65. The summed E-state index contributed by atoms with van der Waals surface area (Å²) in [6.07, 6.45) is 11.4. The fourth-order valence-electron chi connectivity index (χ4n) is 11.2. The molecule has 12 nitrogen and oxygen atoms in total. The number of sulfone groups is 1. The number of carbonyl (C=O) groups is 2. The third-order valence-corrected chi connectivity index (χ3v) is 15.6. The van der Waals surface area contributed by atoms with Gasteiger partial charge in [-0.05, 0) is 104 Å². The summed E-state index contributed by atoms with van der Waals surface area (Å²) in [5.41, 5.74) is 4.76. The normalized spacial score (nSPS) is 26.9. The fraction of sp³-hybridized carbons (Fsp3) is 0.439. The van der Waals surface area contributed by atoms with Crippen LogP contribution in [0.4, 0.5) is 10.9 Å². The smallest absolute Gasteiger partial charge is 0.355 e. The van der Waals surface area contributed by atoms with Gasteiger partial charge in [0.2, 0.25) is 0 Å². The number of anilines is 2. The zero-order valence-electron chi connectivity index (χ0n) is 30.5. The summed E-state index contributed by atoms with van der Waals surface area (Å²) in [5.74, 6) is 1.03. The molecular weight excluding hydrogens is 735 g/mol. The molecule has 2 aliphatic heterocycles. The second-order valence-corrected chi connectivity index (χ2v) is 20.0. The van der Waals surface area contributed by atoms with Crippen molar-refractivity contribution in [2.75, 3.05) is 41.4 Å². The lowest BCUT2D eigenvalue weighted by Gasteiger charge is -2.65. The van der Waals surface area contributed by atoms with Crippen LogP contribution in [0.3, 0.4) is 0 Å². The van der Waals surface area contributed by atoms with Gasteiger partial charge in [0, 0.05) is 61.1 Å². The molecular formula is C41H43N7O5S2. The Hall–Kier alpha value is -4.66. The monoisotopic (exact) mass is 777 g/mol. The molecule has 4 saturated carbocycles. The van der Waals surface area contributed by atoms with E-state index >= 15 is 0 Å². The number of benzene rings is 2. The van der Waals surface area contributed by atoms with Gasteiger partial charge in [-0.3, -0.25) is 19.7 Å². The van der Waals surface area contributed by atoms with Crippen LogP contribution >= 0.6 is 11.3 Å². The maximum absolute atomic E-state index is 13.6. The molecule has 4 bridgehead atoms. The van der Waals surface area contributed by atoms with E-state index in [4.69, 9.17) is 10.1 Å². The van der Waals surface area contributed by atoms with Gasteiger partial charge in [-0.2, -0.15) is 5.10 Å². The van der Waals surface area contributed by atoms with Gasteiger partial charge in [0.25, 0.3) is 5.91 Å². The number of aromatic nitrogens is 4. The number of amides is 1. The average Bonchev–Trinajstić information content (AvgIpc) is 3.79. The summed E-state index contributed by atoms with van der Waals surface area (Å²) >= 11 is 1.44. The maximum atomic E-state index is 13.6. The van der Waals surface area contributed by atoms with Crippen LogP contribution in [-0.4, -0.2) is 86.7 Å². The Bertz CT molecular complexity index is 2420. The van der Waals surface area contributed by atoms with E-state index in [9.17, 15) is 23.1 Å². The Morgan fingerprint density at radius 3 is 2.53 bits per heavy atom. The number of aromatic carboxylic acids is 1. The minimum atomic E-state index is -2.95. The SMILES string of the molecule is O=C(Nc1nc2ccccc2s1)c1cccc2c1CN(c1ccc(-c3cnn(CC45CC6CC(C4)CC(N4CCS(=O)(=O)CC4)(C6)C5)c3)c(C(=O)O)n1)CC2. The van der Waals surface area contributed by atoms with E-state index in [1.54, 1.807) is 6.20 Å². The Kier molecular flexibility index (Phi) is 8.20. The van der Waals surface area contributed by atoms with Gasteiger partial charge in [0.1, 0.15) is 5.82 Å². The van der Waals surface area contributed by atoms with Crippen molar-refractivity contribution in [2.45, 2.75) is 63.6 Å². The first-order chi connectivity index (χ1) is 26.5. The number of thiazole rings is 1. The Labute approximate surface area is 323 Å². The van der Waals surface area contributed by atoms with Gasteiger partial charge in [-0.1, -0.05) is 35.6 Å². The number of carbonyl (C=O) groups excluding carboxylic acids is 1. The minimum Gasteiger partial charge on any atom is -0.476 e. The number of nitrogens with one attached hydrogen (secondary N) is 1. The highest BCUT2D eigenvalue weighted by molar-refractivity contribution is 7.91. The van der Waals surface area contributed by atoms with Crippen LogP contribution in [0.5, 0.6) is 0 Å². The highest BCUT2D eigenvalue weighted by atomic mass is 32.2. The van der Waals surface area contributed by atoms with Crippen LogP contribution in [0.15, 0.2) is 67.0 Å². The fourth-order valence-corrected chi connectivity index (χ4v) is 13.2. The second-order valence-electron chi connectivity index (χ2n) is 16.7. The third kappa shape index (κ3) is 6.31. The molecule has 2 aromatic carbocycles. The Morgan fingerprint density at radius 2 is 1.75 bits per heavy atom. The first kappa shape index (κ1) is 34.8. The molecule has 2 N–H and O–H groups in total. The first-order valence-electron chi connectivity index (χ1n) is 19.3. The van der Waals surface area contributed by atoms with Crippen molar-refractivity contribution in [3.8, 4) is 11.1 Å². The zero-order valence-corrected chi connectivity index (χ0v) is 32.1. The van der Waals surface area contributed by atoms with Crippen LogP contribution in [0.1, 0.15) is 70.5 Å². The molecule has 14 heteroatoms. The van der Waals surface area contributed by atoms with Crippen molar-refractivity contribution in [1.82, 2.24) is 24.6 Å². The van der Waals surface area contributed by atoms with Gasteiger partial charge < -0.3 is 10.0 Å². The maximum Gasteiger partial charge on any atom is 0.355 e. The standard InChI is InChI=1S/C41H43N7O5S2/c49-37(45-39-43-33-6-1-2-7-34(33)54-39)31-5-3-4-28-10-11-46(23-32(28)31)35-9-8-30(36(44-35)38(50)51)29-21-42-48(22-29)25-40-17-26-16-27(18-40)20-41(19-26,24-40)47-12-14-55(52,53)15-13-47/h1-9,21-22,26-27H,10-20,23-25H2,(H,50,51)(H,43,45,49). The van der Waals surface area contributed by atoms with Crippen molar-refractivity contribution in [3.63, 3.8) is 0 Å². The number of carboxylic acid groups (broad SMARTS) is 1. The van der Waals surface area contributed by atoms with Crippen LogP contribution in [0.25, 0.3) is 21.3 Å². The number of hydrogen-bond donors (Lipinski definition) is 2. The van der Waals surface area contributed by atoms with E-state index in [1.807, 2.05) is 70.4 Å². The molecule has 4 aliphatic carbocycles. The Balaban J connectivity index is 0.874. The van der Waals surface area contributed by atoms with Crippen LogP contribution in [0, 0.1) is 17.3 Å². The minimum absolute atomic E-state index is 0.0291. The molecule has 5 aromatic rings. The summed E-state index contributed by atoms with van der Waals surface area (Å²) in [4.78, 5) is 40.1. The molecule has 11 rings (SSSR count). The van der Waals surface area contributed by atoms with Crippen molar-refractivity contribution >= 4 is 54.2 Å². The van der Waals surface area contributed by atoms with Crippen molar-refractivity contribution in [1.29, 1.82) is 0 Å². The molecule has 0 radical (unpaired) electrons. The summed E-state index contributed by atoms with van der Waals surface area (Å²) in [7, 11) is -2.95. The molecule has 6 aliphatic rings. The first-order valence-corrected chi connectivity index (χ1v) is 21.9. The number of rotatable bonds is 8. The second kappa shape index (κ2) is 13.0. The van der Waals surface area contributed by atoms with E-state index in [0.29, 0.717) is 66.5 Å². The topological polar surface area (TPSA) is 151 Å². The number of hydrogen-bond acceptors (Lipinski definition) is 10. The van der Waals surface area contributed by atoms with Crippen molar-refractivity contribution in [2.24, 2.45) is 17.3 Å². The van der Waals surface area contributed by atoms with E-state index in [2.05, 4.69) is 15.2 Å². The summed E-state index contributed by atoms with van der Waals surface area (Å²) in [6.45, 7) is 3.09. The van der Waals surface area contributed by atoms with Crippen molar-refractivity contribution < 1.29 is 23.1 Å². The lowest BCUT2D eigenvalue weighted by atomic mass is 9.46. The predicted molar refractivity (Wildman–Crippen MR) is 211 cm³/mol. The molecule has 3 aromatic heterocycles. The number of pyridine rings is 1. The largest absolute Gasteiger partial charge is 0.476 e. The molecule has 55 heavy (non-hydrogen) atoms. The molecule has 0 spiro atoms. The predicted octanol–water partition coefficient (Wildman–Crippen LogP) is 6.14. The highest BCUT2D eigenvalue weighted by Gasteiger charge is 2.60. The van der Waals surface area contributed by atoms with E-state index in [-0.39, 0.29) is 34.1 Å². The van der Waals surface area contributed by atoms with Gasteiger partial charge >= 0.3 is 5.97 Å². The molecule has 5 fully saturated rings. The lowest BCUT2D eigenvalue weighted by molar-refractivity contribution is -0.137. The number of fused-ring (bicyclic) bond motifs is 2. The quantitative estimate of drug-likeness (QED) is 0.188. The van der Waals surface area contributed by atoms with Gasteiger partial charge in [-0.25, -0.2) is 23.2 Å². The molecule has 1 amide bonds. The van der Waals surface area contributed by atoms with Gasteiger partial charge in [-0.15, -0.1) is 0 Å². The number of para-hydroxylation sites is 1. The molecule has 1 saturated heterocycles. The molecule has 2 atom stereocenters. The Morgan fingerprint density at radius 1 is 0.945 bits per heavy atom. The third-order valence-electron chi connectivity index (χ3n) is 13.0. The zero-order chi connectivity index (χ0) is 37.5. The van der Waals surface area contributed by atoms with E-state index < -0.39 is 15.8 Å². The number of nitrogens with zero attached hydrogens (tertiary/aromatic N) is 6. The highest BCUT2D eigenvalue weighted by Crippen LogP contribution is 2.64. The van der Waals surface area contributed by atoms with Crippen LogP contribution in [-0.2, 0) is 29.3 Å². The van der Waals surface area contributed by atoms with Crippen LogP contribution in [0.2, 0.25) is 0 Å². The van der Waals surface area contributed by atoms with Crippen LogP contribution < -0.4 is 10.2 Å². The molecule has 284 valence electrons. The summed E-state index contributed by atoms with van der Waals surface area (Å²) in [6, 6.07) is 17.3. The summed E-state index contributed by atoms with van der Waals surface area (Å²) < 4.78 is 27.5. The van der Waals surface area contributed by atoms with Gasteiger partial charge in [0.15, 0.2) is 20.7 Å². The number of carboxylic acids is 1. The average molecular weight is 778 g/mol. The van der Waals surface area contributed by atoms with Crippen molar-refractivity contribution in [3.05, 3.63) is 89.4 Å². The van der Waals surface area contributed by atoms with E-state index in [1.165, 1.54) is 17.8 Å². The summed E-state index contributed by atoms with van der Waals surface area (Å²) in [5, 5.41) is 18.7. The van der Waals surface area contributed by atoms with Gasteiger partial charge in [0.05, 0.1) is 27.9 Å². The molecule has 5 heterocycles. The molecule has 2 unspecified atom stereocenters.